The molecule has 7 nitrogen and oxygen atoms in total. The molecule has 0 amide bonds. The van der Waals surface area contributed by atoms with E-state index in [1.165, 1.54) is 10.9 Å². The molecule has 1 aromatic rings. The minimum Gasteiger partial charge on any atom is -0.390 e. The first-order chi connectivity index (χ1) is 8.04. The zero-order valence-electron chi connectivity index (χ0n) is 9.47. The fourth-order valence-electron chi connectivity index (χ4n) is 1.33. The van der Waals surface area contributed by atoms with E-state index in [1.807, 2.05) is 6.92 Å². The van der Waals surface area contributed by atoms with E-state index in [9.17, 15) is 15.2 Å². The van der Waals surface area contributed by atoms with Gasteiger partial charge in [-0.15, -0.1) is 0 Å². The van der Waals surface area contributed by atoms with Crippen LogP contribution in [0.1, 0.15) is 13.3 Å². The normalized spacial score (nSPS) is 12.6. The standard InChI is InChI=1S/C9H15BrN4O3/c1-2-3-11-4-7(15)5-13-6-8(10)9(12-13)14(16)17/h6-7,11,15H,2-5H2,1H3. The second-order valence-corrected chi connectivity index (χ2v) is 4.49. The highest BCUT2D eigenvalue weighted by atomic mass is 79.9. The lowest BCUT2D eigenvalue weighted by atomic mass is 10.3. The van der Waals surface area contributed by atoms with Gasteiger partial charge in [-0.2, -0.15) is 4.68 Å². The first kappa shape index (κ1) is 14.1. The summed E-state index contributed by atoms with van der Waals surface area (Å²) in [6.45, 7) is 3.54. The third-order valence-electron chi connectivity index (χ3n) is 2.08. The molecular formula is C9H15BrN4O3. The van der Waals surface area contributed by atoms with E-state index in [0.717, 1.165) is 13.0 Å². The second kappa shape index (κ2) is 6.67. The lowest BCUT2D eigenvalue weighted by Gasteiger charge is -2.09. The smallest absolute Gasteiger partial charge is 0.390 e. The van der Waals surface area contributed by atoms with Gasteiger partial charge in [-0.25, -0.2) is 0 Å². The number of nitrogens with zero attached hydrogens (tertiary/aromatic N) is 3. The summed E-state index contributed by atoms with van der Waals surface area (Å²) in [4.78, 5) is 9.99. The Hall–Kier alpha value is -0.990. The summed E-state index contributed by atoms with van der Waals surface area (Å²) >= 11 is 3.05. The summed E-state index contributed by atoms with van der Waals surface area (Å²) in [7, 11) is 0. The minimum atomic E-state index is -0.618. The van der Waals surface area contributed by atoms with Crippen LogP contribution in [0.3, 0.4) is 0 Å². The van der Waals surface area contributed by atoms with Gasteiger partial charge in [-0.3, -0.25) is 0 Å². The Morgan fingerprint density at radius 1 is 1.76 bits per heavy atom. The van der Waals surface area contributed by atoms with Gasteiger partial charge in [0.05, 0.1) is 23.9 Å². The monoisotopic (exact) mass is 306 g/mol. The van der Waals surface area contributed by atoms with Crippen molar-refractivity contribution < 1.29 is 10.0 Å². The second-order valence-electron chi connectivity index (χ2n) is 3.64. The average Bonchev–Trinajstić information content (AvgIpc) is 2.60. The van der Waals surface area contributed by atoms with Crippen LogP contribution >= 0.6 is 15.9 Å². The molecule has 2 N–H and O–H groups in total. The van der Waals surface area contributed by atoms with Crippen molar-refractivity contribution in [2.24, 2.45) is 0 Å². The highest BCUT2D eigenvalue weighted by molar-refractivity contribution is 9.10. The van der Waals surface area contributed by atoms with Crippen LogP contribution in [0.4, 0.5) is 5.82 Å². The molecule has 0 fully saturated rings. The van der Waals surface area contributed by atoms with Crippen LogP contribution < -0.4 is 5.32 Å². The van der Waals surface area contributed by atoms with E-state index < -0.39 is 11.0 Å². The predicted octanol–water partition coefficient (Wildman–Crippen LogP) is 0.914. The summed E-state index contributed by atoms with van der Waals surface area (Å²) < 4.78 is 1.68. The molecule has 1 heterocycles. The fourth-order valence-corrected chi connectivity index (χ4v) is 1.79. The molecule has 96 valence electrons. The number of aromatic nitrogens is 2. The highest BCUT2D eigenvalue weighted by Gasteiger charge is 2.19. The van der Waals surface area contributed by atoms with Crippen molar-refractivity contribution in [2.45, 2.75) is 26.0 Å². The molecule has 0 radical (unpaired) electrons. The zero-order chi connectivity index (χ0) is 12.8. The van der Waals surface area contributed by atoms with Gasteiger partial charge in [-0.05, 0) is 33.8 Å². The number of nitrogens with one attached hydrogen (secondary N) is 1. The molecule has 1 rings (SSSR count). The van der Waals surface area contributed by atoms with Crippen molar-refractivity contribution in [3.8, 4) is 0 Å². The van der Waals surface area contributed by atoms with Crippen LogP contribution in [-0.2, 0) is 6.54 Å². The molecule has 0 aliphatic carbocycles. The Bertz CT molecular complexity index is 382. The van der Waals surface area contributed by atoms with Crippen molar-refractivity contribution in [3.63, 3.8) is 0 Å². The summed E-state index contributed by atoms with van der Waals surface area (Å²) in [6, 6.07) is 0. The highest BCUT2D eigenvalue weighted by Crippen LogP contribution is 2.21. The number of aliphatic hydroxyl groups is 1. The van der Waals surface area contributed by atoms with Crippen molar-refractivity contribution in [1.82, 2.24) is 15.1 Å². The Balaban J connectivity index is 2.51. The summed E-state index contributed by atoms with van der Waals surface area (Å²) in [5, 5.41) is 27.0. The largest absolute Gasteiger partial charge is 0.404 e. The Kier molecular flexibility index (Phi) is 5.52. The quantitative estimate of drug-likeness (QED) is 0.444. The van der Waals surface area contributed by atoms with Crippen molar-refractivity contribution >= 4 is 21.7 Å². The van der Waals surface area contributed by atoms with Gasteiger partial charge in [0.1, 0.15) is 4.47 Å². The summed E-state index contributed by atoms with van der Waals surface area (Å²) in [5.41, 5.74) is 0. The lowest BCUT2D eigenvalue weighted by Crippen LogP contribution is -2.30. The SMILES string of the molecule is CCCNCC(O)Cn1cc(Br)c([N+](=O)[O-])n1. The third kappa shape index (κ3) is 4.41. The summed E-state index contributed by atoms with van der Waals surface area (Å²) in [5.74, 6) is -0.237. The molecule has 0 aromatic carbocycles. The number of halogens is 1. The maximum Gasteiger partial charge on any atom is 0.404 e. The molecule has 1 aromatic heterocycles. The first-order valence-corrected chi connectivity index (χ1v) is 6.10. The molecule has 17 heavy (non-hydrogen) atoms. The van der Waals surface area contributed by atoms with E-state index in [0.29, 0.717) is 11.0 Å². The maximum absolute atomic E-state index is 10.6. The van der Waals surface area contributed by atoms with E-state index in [-0.39, 0.29) is 12.4 Å². The zero-order valence-corrected chi connectivity index (χ0v) is 11.1. The summed E-state index contributed by atoms with van der Waals surface area (Å²) in [6.07, 6.45) is 1.86. The van der Waals surface area contributed by atoms with Crippen molar-refractivity contribution in [3.05, 3.63) is 20.8 Å². The van der Waals surface area contributed by atoms with Crippen LogP contribution in [0.15, 0.2) is 10.7 Å². The van der Waals surface area contributed by atoms with Gasteiger partial charge in [-0.1, -0.05) is 6.92 Å². The number of hydrogen-bond acceptors (Lipinski definition) is 5. The topological polar surface area (TPSA) is 93.2 Å². The molecule has 0 saturated carbocycles. The molecule has 1 atom stereocenters. The van der Waals surface area contributed by atoms with Gasteiger partial charge >= 0.3 is 5.82 Å². The van der Waals surface area contributed by atoms with Crippen molar-refractivity contribution in [2.75, 3.05) is 13.1 Å². The van der Waals surface area contributed by atoms with Crippen molar-refractivity contribution in [1.29, 1.82) is 0 Å². The van der Waals surface area contributed by atoms with Crippen LogP contribution in [0.2, 0.25) is 0 Å². The van der Waals surface area contributed by atoms with Gasteiger partial charge in [0.15, 0.2) is 0 Å². The minimum absolute atomic E-state index is 0.225. The Morgan fingerprint density at radius 2 is 2.47 bits per heavy atom. The van der Waals surface area contributed by atoms with E-state index in [1.54, 1.807) is 0 Å². The third-order valence-corrected chi connectivity index (χ3v) is 2.64. The lowest BCUT2D eigenvalue weighted by molar-refractivity contribution is -0.390. The molecule has 0 aliphatic rings. The van der Waals surface area contributed by atoms with Crippen LogP contribution in [0, 0.1) is 10.1 Å². The van der Waals surface area contributed by atoms with E-state index in [4.69, 9.17) is 0 Å². The molecule has 1 unspecified atom stereocenters. The van der Waals surface area contributed by atoms with Gasteiger partial charge in [0, 0.05) is 6.54 Å². The molecule has 0 aliphatic heterocycles. The van der Waals surface area contributed by atoms with E-state index in [2.05, 4.69) is 26.3 Å². The Labute approximate surface area is 107 Å². The van der Waals surface area contributed by atoms with Gasteiger partial charge in [0.2, 0.25) is 0 Å². The Morgan fingerprint density at radius 3 is 3.00 bits per heavy atom. The molecule has 8 heteroatoms. The van der Waals surface area contributed by atoms with E-state index >= 15 is 0 Å². The average molecular weight is 307 g/mol. The van der Waals surface area contributed by atoms with Gasteiger partial charge < -0.3 is 20.5 Å². The number of rotatable bonds is 7. The number of hydrogen-bond donors (Lipinski definition) is 2. The number of nitro groups is 1. The van der Waals surface area contributed by atoms with Gasteiger partial charge in [0.25, 0.3) is 0 Å². The van der Waals surface area contributed by atoms with Crippen LogP contribution in [0.25, 0.3) is 0 Å². The number of aliphatic hydroxyl groups excluding tert-OH is 1. The molecule has 0 saturated heterocycles. The van der Waals surface area contributed by atoms with Crippen LogP contribution in [0.5, 0.6) is 0 Å². The predicted molar refractivity (Wildman–Crippen MR) is 65.7 cm³/mol. The van der Waals surface area contributed by atoms with Crippen LogP contribution in [-0.4, -0.2) is 39.0 Å². The fraction of sp³-hybridized carbons (Fsp3) is 0.667. The molecular weight excluding hydrogens is 292 g/mol. The first-order valence-electron chi connectivity index (χ1n) is 5.30. The molecule has 0 spiro atoms. The molecule has 0 bridgehead atoms. The maximum atomic E-state index is 10.6.